The van der Waals surface area contributed by atoms with Crippen molar-refractivity contribution >= 4 is 0 Å². The standard InChI is InChI=1S/C12H16N3O/c1-9(2)8-11-4-6-15(7-5-11)12-13-10(3)14-16-12/h4-7,9H,8H2,1-3H3/q+1. The smallest absolute Gasteiger partial charge is 0.271 e. The SMILES string of the molecule is Cc1noc(-[n+]2ccc(CC(C)C)cc2)n1. The van der Waals surface area contributed by atoms with Gasteiger partial charge in [-0.3, -0.25) is 4.52 Å². The van der Waals surface area contributed by atoms with E-state index in [9.17, 15) is 0 Å². The van der Waals surface area contributed by atoms with E-state index in [4.69, 9.17) is 4.52 Å². The van der Waals surface area contributed by atoms with Crippen LogP contribution in [0.5, 0.6) is 0 Å². The summed E-state index contributed by atoms with van der Waals surface area (Å²) in [6, 6.07) is 4.67. The fourth-order valence-electron chi connectivity index (χ4n) is 1.58. The quantitative estimate of drug-likeness (QED) is 0.738. The minimum absolute atomic E-state index is 0.508. The average Bonchev–Trinajstić information content (AvgIpc) is 2.65. The van der Waals surface area contributed by atoms with Crippen LogP contribution in [0.2, 0.25) is 0 Å². The Kier molecular flexibility index (Phi) is 2.99. The first kappa shape index (κ1) is 10.8. The first-order valence-electron chi connectivity index (χ1n) is 5.46. The Labute approximate surface area is 94.9 Å². The zero-order valence-electron chi connectivity index (χ0n) is 9.84. The Hall–Kier alpha value is -1.71. The molecule has 0 radical (unpaired) electrons. The van der Waals surface area contributed by atoms with E-state index < -0.39 is 0 Å². The lowest BCUT2D eigenvalue weighted by molar-refractivity contribution is -0.614. The number of hydrogen-bond acceptors (Lipinski definition) is 3. The van der Waals surface area contributed by atoms with Gasteiger partial charge >= 0.3 is 6.01 Å². The molecule has 16 heavy (non-hydrogen) atoms. The van der Waals surface area contributed by atoms with Gasteiger partial charge in [0.05, 0.1) is 12.4 Å². The van der Waals surface area contributed by atoms with Crippen LogP contribution < -0.4 is 4.57 Å². The lowest BCUT2D eigenvalue weighted by atomic mass is 10.0. The molecule has 4 nitrogen and oxygen atoms in total. The second-order valence-electron chi connectivity index (χ2n) is 4.34. The van der Waals surface area contributed by atoms with Crippen molar-refractivity contribution in [3.05, 3.63) is 35.9 Å². The second-order valence-corrected chi connectivity index (χ2v) is 4.34. The van der Waals surface area contributed by atoms with E-state index in [-0.39, 0.29) is 0 Å². The first-order chi connectivity index (χ1) is 7.65. The van der Waals surface area contributed by atoms with Gasteiger partial charge in [0.15, 0.2) is 0 Å². The number of rotatable bonds is 3. The zero-order valence-corrected chi connectivity index (χ0v) is 9.84. The minimum atomic E-state index is 0.508. The van der Waals surface area contributed by atoms with Crippen molar-refractivity contribution in [2.45, 2.75) is 27.2 Å². The predicted molar refractivity (Wildman–Crippen MR) is 59.1 cm³/mol. The van der Waals surface area contributed by atoms with Crippen LogP contribution in [0.25, 0.3) is 6.01 Å². The highest BCUT2D eigenvalue weighted by Crippen LogP contribution is 2.06. The molecule has 2 heterocycles. The maximum atomic E-state index is 5.07. The lowest BCUT2D eigenvalue weighted by Gasteiger charge is -2.03. The van der Waals surface area contributed by atoms with Crippen molar-refractivity contribution in [1.82, 2.24) is 10.1 Å². The highest BCUT2D eigenvalue weighted by molar-refractivity contribution is 5.08. The molecule has 0 unspecified atom stereocenters. The van der Waals surface area contributed by atoms with Crippen LogP contribution >= 0.6 is 0 Å². The Balaban J connectivity index is 2.19. The van der Waals surface area contributed by atoms with Gasteiger partial charge in [0.25, 0.3) is 5.82 Å². The van der Waals surface area contributed by atoms with E-state index in [0.29, 0.717) is 17.8 Å². The molecule has 0 aliphatic rings. The molecular weight excluding hydrogens is 202 g/mol. The summed E-state index contributed by atoms with van der Waals surface area (Å²) >= 11 is 0. The third kappa shape index (κ3) is 2.45. The minimum Gasteiger partial charge on any atom is -0.271 e. The largest absolute Gasteiger partial charge is 0.531 e. The molecule has 0 N–H and O–H groups in total. The van der Waals surface area contributed by atoms with Gasteiger partial charge in [-0.25, -0.2) is 0 Å². The van der Waals surface area contributed by atoms with Crippen LogP contribution in [0.1, 0.15) is 25.2 Å². The van der Waals surface area contributed by atoms with Gasteiger partial charge in [-0.1, -0.05) is 13.8 Å². The van der Waals surface area contributed by atoms with Gasteiger partial charge in [0, 0.05) is 11.9 Å². The van der Waals surface area contributed by atoms with E-state index in [0.717, 1.165) is 6.42 Å². The van der Waals surface area contributed by atoms with Gasteiger partial charge in [-0.2, -0.15) is 4.57 Å². The van der Waals surface area contributed by atoms with Crippen LogP contribution in [0.15, 0.2) is 29.0 Å². The molecular formula is C12H16N3O+. The summed E-state index contributed by atoms with van der Waals surface area (Å²) in [5.74, 6) is 1.32. The second kappa shape index (κ2) is 4.43. The summed E-state index contributed by atoms with van der Waals surface area (Å²) in [4.78, 5) is 4.16. The zero-order chi connectivity index (χ0) is 11.5. The summed E-state index contributed by atoms with van der Waals surface area (Å²) in [5.41, 5.74) is 1.32. The van der Waals surface area contributed by atoms with Crippen molar-refractivity contribution in [1.29, 1.82) is 0 Å². The topological polar surface area (TPSA) is 42.8 Å². The summed E-state index contributed by atoms with van der Waals surface area (Å²) in [7, 11) is 0. The van der Waals surface area contributed by atoms with Crippen molar-refractivity contribution in [2.75, 3.05) is 0 Å². The molecule has 2 aromatic rings. The number of hydrogen-bond donors (Lipinski definition) is 0. The van der Waals surface area contributed by atoms with Crippen molar-refractivity contribution < 1.29 is 9.09 Å². The molecule has 4 heteroatoms. The molecule has 0 aliphatic carbocycles. The van der Waals surface area contributed by atoms with E-state index in [1.54, 1.807) is 6.92 Å². The summed E-state index contributed by atoms with van der Waals surface area (Å²) < 4.78 is 6.90. The van der Waals surface area contributed by atoms with Crippen molar-refractivity contribution in [3.8, 4) is 6.01 Å². The Morgan fingerprint density at radius 3 is 2.50 bits per heavy atom. The predicted octanol–water partition coefficient (Wildman–Crippen LogP) is 1.85. The molecule has 2 rings (SSSR count). The Morgan fingerprint density at radius 1 is 1.31 bits per heavy atom. The number of aryl methyl sites for hydroxylation is 1. The normalized spacial score (nSPS) is 11.0. The molecule has 0 bridgehead atoms. The van der Waals surface area contributed by atoms with Crippen LogP contribution in [0, 0.1) is 12.8 Å². The lowest BCUT2D eigenvalue weighted by Crippen LogP contribution is -2.30. The van der Waals surface area contributed by atoms with E-state index in [1.807, 2.05) is 17.0 Å². The molecule has 0 saturated heterocycles. The number of nitrogens with zero attached hydrogens (tertiary/aromatic N) is 3. The fraction of sp³-hybridized carbons (Fsp3) is 0.417. The van der Waals surface area contributed by atoms with Crippen molar-refractivity contribution in [3.63, 3.8) is 0 Å². The summed E-state index contributed by atoms with van der Waals surface area (Å²) in [5, 5.41) is 3.76. The average molecular weight is 218 g/mol. The van der Waals surface area contributed by atoms with E-state index in [2.05, 4.69) is 36.1 Å². The first-order valence-corrected chi connectivity index (χ1v) is 5.46. The van der Waals surface area contributed by atoms with Crippen molar-refractivity contribution in [2.24, 2.45) is 5.92 Å². The van der Waals surface area contributed by atoms with E-state index in [1.165, 1.54) is 5.56 Å². The van der Waals surface area contributed by atoms with Crippen LogP contribution in [0.3, 0.4) is 0 Å². The molecule has 2 aromatic heterocycles. The number of aromatic nitrogens is 3. The maximum Gasteiger partial charge on any atom is 0.531 e. The summed E-state index contributed by atoms with van der Waals surface area (Å²) in [6.45, 7) is 6.23. The maximum absolute atomic E-state index is 5.07. The summed E-state index contributed by atoms with van der Waals surface area (Å²) in [6.07, 6.45) is 4.99. The van der Waals surface area contributed by atoms with E-state index >= 15 is 0 Å². The molecule has 0 fully saturated rings. The molecule has 0 saturated carbocycles. The van der Waals surface area contributed by atoms with Gasteiger partial charge in [0.1, 0.15) is 0 Å². The molecule has 0 atom stereocenters. The molecule has 0 aliphatic heterocycles. The van der Waals surface area contributed by atoms with Crippen LogP contribution in [-0.4, -0.2) is 10.1 Å². The van der Waals surface area contributed by atoms with Crippen LogP contribution in [-0.2, 0) is 6.42 Å². The highest BCUT2D eigenvalue weighted by atomic mass is 16.5. The van der Waals surface area contributed by atoms with Crippen LogP contribution in [0.4, 0.5) is 0 Å². The highest BCUT2D eigenvalue weighted by Gasteiger charge is 2.14. The van der Waals surface area contributed by atoms with Gasteiger partial charge in [-0.05, 0) is 35.2 Å². The monoisotopic (exact) mass is 218 g/mol. The Bertz CT molecular complexity index is 459. The van der Waals surface area contributed by atoms with Gasteiger partial charge in [-0.15, -0.1) is 0 Å². The van der Waals surface area contributed by atoms with Gasteiger partial charge in [0.2, 0.25) is 0 Å². The third-order valence-corrected chi connectivity index (χ3v) is 2.28. The third-order valence-electron chi connectivity index (χ3n) is 2.28. The number of pyridine rings is 1. The molecule has 0 aromatic carbocycles. The Morgan fingerprint density at radius 2 is 2.00 bits per heavy atom. The molecule has 0 amide bonds. The molecule has 0 spiro atoms. The molecule has 84 valence electrons. The fourth-order valence-corrected chi connectivity index (χ4v) is 1.58. The van der Waals surface area contributed by atoms with Gasteiger partial charge < -0.3 is 0 Å².